The zero-order chi connectivity index (χ0) is 20.3. The highest BCUT2D eigenvalue weighted by Gasteiger charge is 2.82. The third-order valence-electron chi connectivity index (χ3n) is 8.98. The van der Waals surface area contributed by atoms with Gasteiger partial charge < -0.3 is 9.84 Å². The van der Waals surface area contributed by atoms with E-state index in [2.05, 4.69) is 22.9 Å². The van der Waals surface area contributed by atoms with Gasteiger partial charge >= 0.3 is 0 Å². The first-order valence-electron chi connectivity index (χ1n) is 10.2. The van der Waals surface area contributed by atoms with Gasteiger partial charge in [-0.1, -0.05) is 35.9 Å². The number of alkyl halides is 2. The number of ether oxygens (including phenoxy) is 1. The summed E-state index contributed by atoms with van der Waals surface area (Å²) >= 11 is 3.77. The quantitative estimate of drug-likeness (QED) is 0.515. The molecule has 1 saturated heterocycles. The number of aliphatic hydroxyl groups excluding tert-OH is 1. The molecule has 0 aromatic heterocycles. The summed E-state index contributed by atoms with van der Waals surface area (Å²) in [5, 5.41) is 9.63. The van der Waals surface area contributed by atoms with Crippen molar-refractivity contribution in [2.75, 3.05) is 6.61 Å². The fourth-order valence-corrected chi connectivity index (χ4v) is 8.42. The minimum absolute atomic E-state index is 0.0281. The number of carbonyl (C=O) groups is 2. The second-order valence-corrected chi connectivity index (χ2v) is 11.2. The van der Waals surface area contributed by atoms with E-state index < -0.39 is 33.5 Å². The normalized spacial score (nSPS) is 56.3. The molecule has 3 unspecified atom stereocenters. The Hall–Kier alpha value is -0.850. The highest BCUT2D eigenvalue weighted by Crippen LogP contribution is 2.77. The van der Waals surface area contributed by atoms with E-state index in [-0.39, 0.29) is 35.4 Å². The van der Waals surface area contributed by atoms with Crippen LogP contribution in [0.25, 0.3) is 0 Å². The Bertz CT molecular complexity index is 853. The molecule has 0 bridgehead atoms. The van der Waals surface area contributed by atoms with Crippen molar-refractivity contribution in [2.45, 2.75) is 62.2 Å². The number of fused-ring (bicyclic) bond motifs is 3. The molecule has 28 heavy (non-hydrogen) atoms. The van der Waals surface area contributed by atoms with Crippen LogP contribution in [0.1, 0.15) is 40.0 Å². The van der Waals surface area contributed by atoms with Crippen molar-refractivity contribution >= 4 is 27.5 Å². The van der Waals surface area contributed by atoms with Crippen LogP contribution >= 0.6 is 15.9 Å². The fraction of sp³-hybridized carbons (Fsp3) is 0.727. The van der Waals surface area contributed by atoms with E-state index in [9.17, 15) is 14.7 Å². The average molecular weight is 453 g/mol. The molecule has 0 amide bonds. The van der Waals surface area contributed by atoms with Crippen LogP contribution in [0.4, 0.5) is 4.39 Å². The minimum Gasteiger partial charge on any atom is -0.389 e. The van der Waals surface area contributed by atoms with E-state index >= 15 is 4.39 Å². The van der Waals surface area contributed by atoms with Gasteiger partial charge in [-0.2, -0.15) is 0 Å². The molecule has 5 aliphatic rings. The maximum absolute atomic E-state index is 15.4. The summed E-state index contributed by atoms with van der Waals surface area (Å²) in [6.45, 7) is 5.66. The third kappa shape index (κ3) is 1.85. The number of hydrogen-bond acceptors (Lipinski definition) is 4. The Morgan fingerprint density at radius 3 is 2.75 bits per heavy atom. The van der Waals surface area contributed by atoms with Crippen molar-refractivity contribution in [3.05, 3.63) is 23.8 Å². The maximum atomic E-state index is 15.4. The lowest BCUT2D eigenvalue weighted by Gasteiger charge is -2.56. The Morgan fingerprint density at radius 1 is 1.36 bits per heavy atom. The standard InChI is InChI=1S/C22H26BrFO4/c1-11-6-13-14-8-16(24)15-7-12(26)4-5-19(15,2)22(14)18(28-22)9-20(13,3)21(11,23)17(27)10-25/h4-5,7,11,13-14,16,18,25H,6,8-10H2,1-3H3/t11-,13+,14?,16-,18?,19+,20+,21+,22?/m1/s1. The van der Waals surface area contributed by atoms with Crippen LogP contribution in [-0.2, 0) is 14.3 Å². The van der Waals surface area contributed by atoms with Crippen molar-refractivity contribution < 1.29 is 23.8 Å². The van der Waals surface area contributed by atoms with Crippen LogP contribution in [-0.4, -0.2) is 45.5 Å². The van der Waals surface area contributed by atoms with Gasteiger partial charge in [-0.25, -0.2) is 4.39 Å². The molecule has 0 radical (unpaired) electrons. The van der Waals surface area contributed by atoms with Crippen LogP contribution in [0.3, 0.4) is 0 Å². The number of halogens is 2. The first-order valence-corrected chi connectivity index (χ1v) is 11.0. The molecule has 9 atom stereocenters. The van der Waals surface area contributed by atoms with Gasteiger partial charge in [0, 0.05) is 5.41 Å². The second-order valence-electron chi connectivity index (χ2n) is 9.90. The Balaban J connectivity index is 1.63. The summed E-state index contributed by atoms with van der Waals surface area (Å²) < 4.78 is 20.9. The first-order chi connectivity index (χ1) is 13.1. The summed E-state index contributed by atoms with van der Waals surface area (Å²) in [6, 6.07) is 0. The number of allylic oxidation sites excluding steroid dienone is 2. The van der Waals surface area contributed by atoms with Crippen molar-refractivity contribution in [1.82, 2.24) is 0 Å². The molecule has 152 valence electrons. The molecule has 1 spiro atoms. The summed E-state index contributed by atoms with van der Waals surface area (Å²) in [4.78, 5) is 24.7. The summed E-state index contributed by atoms with van der Waals surface area (Å²) in [7, 11) is 0. The molecule has 1 N–H and O–H groups in total. The van der Waals surface area contributed by atoms with E-state index in [1.807, 2.05) is 19.9 Å². The van der Waals surface area contributed by atoms with Gasteiger partial charge in [0.2, 0.25) is 0 Å². The monoisotopic (exact) mass is 452 g/mol. The minimum atomic E-state index is -1.18. The van der Waals surface area contributed by atoms with E-state index in [1.165, 1.54) is 6.08 Å². The molecular formula is C22H26BrFO4. The predicted molar refractivity (Wildman–Crippen MR) is 105 cm³/mol. The van der Waals surface area contributed by atoms with Crippen LogP contribution < -0.4 is 0 Å². The zero-order valence-electron chi connectivity index (χ0n) is 16.4. The molecule has 1 aliphatic heterocycles. The molecule has 5 rings (SSSR count). The van der Waals surface area contributed by atoms with Crippen molar-refractivity contribution in [3.8, 4) is 0 Å². The molecule has 0 aromatic carbocycles. The van der Waals surface area contributed by atoms with Gasteiger partial charge in [0.15, 0.2) is 11.6 Å². The lowest BCUT2D eigenvalue weighted by molar-refractivity contribution is -0.129. The van der Waals surface area contributed by atoms with Crippen molar-refractivity contribution in [2.24, 2.45) is 28.6 Å². The summed E-state index contributed by atoms with van der Waals surface area (Å²) in [5.41, 5.74) is -0.988. The molecule has 0 aromatic rings. The lowest BCUT2D eigenvalue weighted by atomic mass is 9.47. The summed E-state index contributed by atoms with van der Waals surface area (Å²) in [6.07, 6.45) is 5.40. The molecular weight excluding hydrogens is 427 g/mol. The largest absolute Gasteiger partial charge is 0.389 e. The van der Waals surface area contributed by atoms with Crippen LogP contribution in [0.2, 0.25) is 0 Å². The van der Waals surface area contributed by atoms with Gasteiger partial charge in [0.25, 0.3) is 0 Å². The third-order valence-corrected chi connectivity index (χ3v) is 11.1. The number of epoxide rings is 1. The molecule has 3 saturated carbocycles. The molecule has 4 nitrogen and oxygen atoms in total. The Kier molecular flexibility index (Phi) is 3.72. The summed E-state index contributed by atoms with van der Waals surface area (Å²) in [5.74, 6) is -0.229. The number of rotatable bonds is 2. The fourth-order valence-electron chi connectivity index (χ4n) is 7.66. The number of aliphatic hydroxyl groups is 1. The van der Waals surface area contributed by atoms with E-state index in [4.69, 9.17) is 4.74 Å². The molecule has 4 aliphatic carbocycles. The molecule has 4 fully saturated rings. The molecule has 6 heteroatoms. The van der Waals surface area contributed by atoms with Gasteiger partial charge in [0.1, 0.15) is 18.4 Å². The van der Waals surface area contributed by atoms with Gasteiger partial charge in [0.05, 0.1) is 10.4 Å². The number of ketones is 2. The van der Waals surface area contributed by atoms with Gasteiger partial charge in [-0.15, -0.1) is 0 Å². The van der Waals surface area contributed by atoms with Crippen LogP contribution in [0, 0.1) is 28.6 Å². The smallest absolute Gasteiger partial charge is 0.178 e. The highest BCUT2D eigenvalue weighted by atomic mass is 79.9. The highest BCUT2D eigenvalue weighted by molar-refractivity contribution is 9.10. The maximum Gasteiger partial charge on any atom is 0.178 e. The Labute approximate surface area is 172 Å². The van der Waals surface area contributed by atoms with Gasteiger partial charge in [-0.3, -0.25) is 9.59 Å². The van der Waals surface area contributed by atoms with Gasteiger partial charge in [-0.05, 0) is 67.1 Å². The second kappa shape index (κ2) is 5.44. The number of Topliss-reactive ketones (excluding diaryl/α,β-unsaturated/α-hetero) is 1. The first kappa shape index (κ1) is 19.1. The Morgan fingerprint density at radius 2 is 2.07 bits per heavy atom. The van der Waals surface area contributed by atoms with Crippen LogP contribution in [0.5, 0.6) is 0 Å². The van der Waals surface area contributed by atoms with E-state index in [0.717, 1.165) is 6.42 Å². The van der Waals surface area contributed by atoms with Crippen molar-refractivity contribution in [3.63, 3.8) is 0 Å². The van der Waals surface area contributed by atoms with Crippen molar-refractivity contribution in [1.29, 1.82) is 0 Å². The average Bonchev–Trinajstić information content (AvgIpc) is 3.34. The predicted octanol–water partition coefficient (Wildman–Crippen LogP) is 3.31. The van der Waals surface area contributed by atoms with Crippen LogP contribution in [0.15, 0.2) is 23.8 Å². The van der Waals surface area contributed by atoms with E-state index in [0.29, 0.717) is 18.4 Å². The molecule has 1 heterocycles. The number of hydrogen-bond donors (Lipinski definition) is 1. The lowest BCUT2D eigenvalue weighted by Crippen LogP contribution is -2.61. The number of carbonyl (C=O) groups excluding carboxylic acids is 2. The topological polar surface area (TPSA) is 66.9 Å². The zero-order valence-corrected chi connectivity index (χ0v) is 18.0. The SMILES string of the molecule is C[C@@H]1C[C@H]2C3C[C@@H](F)C4=CC(=O)C=C[C@]4(C)C34OC4C[C@]2(C)[C@@]1(Br)C(=O)CO. The van der Waals surface area contributed by atoms with E-state index in [1.54, 1.807) is 6.08 Å².